The summed E-state index contributed by atoms with van der Waals surface area (Å²) in [5, 5.41) is 3.63. The molecule has 0 fully saturated rings. The van der Waals surface area contributed by atoms with Gasteiger partial charge in [0.25, 0.3) is 6.43 Å². The minimum Gasteiger partial charge on any atom is -0.338 e. The van der Waals surface area contributed by atoms with Crippen molar-refractivity contribution in [3.63, 3.8) is 0 Å². The standard InChI is InChI=1S/C11H7BrF2N2O2/c12-7-3-1-6(2-4-7)11-15-9(18-16-11)5-8(17)10(13)14/h1-4,10H,5H2. The van der Waals surface area contributed by atoms with Gasteiger partial charge in [-0.05, 0) is 24.3 Å². The van der Waals surface area contributed by atoms with Gasteiger partial charge in [0.15, 0.2) is 0 Å². The molecule has 1 heterocycles. The van der Waals surface area contributed by atoms with Gasteiger partial charge in [0.1, 0.15) is 0 Å². The molecule has 1 aromatic heterocycles. The number of nitrogens with zero attached hydrogens (tertiary/aromatic N) is 2. The van der Waals surface area contributed by atoms with Crippen molar-refractivity contribution in [2.24, 2.45) is 0 Å². The summed E-state index contributed by atoms with van der Waals surface area (Å²) in [5.74, 6) is -1.08. The summed E-state index contributed by atoms with van der Waals surface area (Å²) in [6, 6.07) is 7.06. The van der Waals surface area contributed by atoms with Crippen LogP contribution in [0.15, 0.2) is 33.3 Å². The monoisotopic (exact) mass is 316 g/mol. The molecular formula is C11H7BrF2N2O2. The topological polar surface area (TPSA) is 56.0 Å². The van der Waals surface area contributed by atoms with Crippen LogP contribution in [0.25, 0.3) is 11.4 Å². The van der Waals surface area contributed by atoms with Crippen LogP contribution in [0.1, 0.15) is 5.89 Å². The predicted octanol–water partition coefficient (Wildman–Crippen LogP) is 2.88. The molecule has 0 atom stereocenters. The number of ketones is 1. The normalized spacial score (nSPS) is 10.9. The van der Waals surface area contributed by atoms with Crippen LogP contribution in [-0.4, -0.2) is 22.3 Å². The molecule has 0 aliphatic carbocycles. The largest absolute Gasteiger partial charge is 0.338 e. The molecular weight excluding hydrogens is 310 g/mol. The highest BCUT2D eigenvalue weighted by Crippen LogP contribution is 2.19. The van der Waals surface area contributed by atoms with Crippen molar-refractivity contribution in [3.05, 3.63) is 34.6 Å². The third-order valence-electron chi connectivity index (χ3n) is 2.14. The predicted molar refractivity (Wildman–Crippen MR) is 62.1 cm³/mol. The van der Waals surface area contributed by atoms with Gasteiger partial charge in [-0.25, -0.2) is 8.78 Å². The van der Waals surface area contributed by atoms with E-state index >= 15 is 0 Å². The highest BCUT2D eigenvalue weighted by molar-refractivity contribution is 9.10. The number of hydrogen-bond acceptors (Lipinski definition) is 4. The van der Waals surface area contributed by atoms with Crippen molar-refractivity contribution in [3.8, 4) is 11.4 Å². The van der Waals surface area contributed by atoms with E-state index < -0.39 is 18.6 Å². The van der Waals surface area contributed by atoms with Crippen LogP contribution in [0.4, 0.5) is 8.78 Å². The highest BCUT2D eigenvalue weighted by atomic mass is 79.9. The summed E-state index contributed by atoms with van der Waals surface area (Å²) in [4.78, 5) is 14.7. The average molecular weight is 317 g/mol. The summed E-state index contributed by atoms with van der Waals surface area (Å²) in [7, 11) is 0. The van der Waals surface area contributed by atoms with Crippen LogP contribution in [0, 0.1) is 0 Å². The first-order chi connectivity index (χ1) is 8.56. The first kappa shape index (κ1) is 12.8. The van der Waals surface area contributed by atoms with Gasteiger partial charge < -0.3 is 4.52 Å². The fraction of sp³-hybridized carbons (Fsp3) is 0.182. The van der Waals surface area contributed by atoms with E-state index in [2.05, 4.69) is 26.1 Å². The number of rotatable bonds is 4. The zero-order valence-corrected chi connectivity index (χ0v) is 10.5. The Morgan fingerprint density at radius 3 is 2.61 bits per heavy atom. The molecule has 0 radical (unpaired) electrons. The average Bonchev–Trinajstić information content (AvgIpc) is 2.78. The Kier molecular flexibility index (Phi) is 3.81. The van der Waals surface area contributed by atoms with E-state index in [0.29, 0.717) is 5.56 Å². The Labute approximate surface area is 109 Å². The van der Waals surface area contributed by atoms with E-state index in [9.17, 15) is 13.6 Å². The highest BCUT2D eigenvalue weighted by Gasteiger charge is 2.19. The number of hydrogen-bond donors (Lipinski definition) is 0. The molecule has 0 N–H and O–H groups in total. The second kappa shape index (κ2) is 5.34. The molecule has 0 amide bonds. The van der Waals surface area contributed by atoms with Crippen LogP contribution in [-0.2, 0) is 11.2 Å². The Balaban J connectivity index is 2.15. The smallest absolute Gasteiger partial charge is 0.296 e. The molecule has 0 saturated heterocycles. The van der Waals surface area contributed by atoms with Crippen molar-refractivity contribution >= 4 is 21.7 Å². The Hall–Kier alpha value is -1.63. The lowest BCUT2D eigenvalue weighted by Crippen LogP contribution is -2.12. The van der Waals surface area contributed by atoms with E-state index in [4.69, 9.17) is 4.52 Å². The maximum absolute atomic E-state index is 12.0. The van der Waals surface area contributed by atoms with E-state index in [1.807, 2.05) is 0 Å². The first-order valence-corrected chi connectivity index (χ1v) is 5.75. The molecule has 2 rings (SSSR count). The van der Waals surface area contributed by atoms with Crippen molar-refractivity contribution in [1.82, 2.24) is 10.1 Å². The van der Waals surface area contributed by atoms with Crippen LogP contribution >= 0.6 is 15.9 Å². The molecule has 18 heavy (non-hydrogen) atoms. The van der Waals surface area contributed by atoms with Gasteiger partial charge in [-0.2, -0.15) is 4.98 Å². The van der Waals surface area contributed by atoms with Gasteiger partial charge in [0, 0.05) is 10.0 Å². The Bertz CT molecular complexity index is 554. The number of alkyl halides is 2. The fourth-order valence-corrected chi connectivity index (χ4v) is 1.53. The third kappa shape index (κ3) is 2.98. The second-order valence-corrected chi connectivity index (χ2v) is 4.38. The quantitative estimate of drug-likeness (QED) is 0.870. The molecule has 0 spiro atoms. The molecule has 0 bridgehead atoms. The molecule has 2 aromatic rings. The summed E-state index contributed by atoms with van der Waals surface area (Å²) in [6.07, 6.45) is -3.57. The number of carbonyl (C=O) groups excluding carboxylic acids is 1. The molecule has 0 unspecified atom stereocenters. The summed E-state index contributed by atoms with van der Waals surface area (Å²) in [5.41, 5.74) is 0.678. The third-order valence-corrected chi connectivity index (χ3v) is 2.67. The van der Waals surface area contributed by atoms with E-state index in [1.54, 1.807) is 24.3 Å². The maximum atomic E-state index is 12.0. The molecule has 0 saturated carbocycles. The van der Waals surface area contributed by atoms with Gasteiger partial charge in [0.05, 0.1) is 6.42 Å². The fourth-order valence-electron chi connectivity index (χ4n) is 1.27. The number of Topliss-reactive ketones (excluding diaryl/α,β-unsaturated/α-hetero) is 1. The number of aromatic nitrogens is 2. The number of benzene rings is 1. The van der Waals surface area contributed by atoms with E-state index in [-0.39, 0.29) is 11.7 Å². The van der Waals surface area contributed by atoms with Gasteiger partial charge in [0.2, 0.25) is 17.5 Å². The van der Waals surface area contributed by atoms with Gasteiger partial charge >= 0.3 is 0 Å². The van der Waals surface area contributed by atoms with Crippen LogP contribution in [0.5, 0.6) is 0 Å². The minimum atomic E-state index is -3.02. The van der Waals surface area contributed by atoms with Gasteiger partial charge in [-0.3, -0.25) is 4.79 Å². The summed E-state index contributed by atoms with van der Waals surface area (Å²) < 4.78 is 29.7. The Morgan fingerprint density at radius 1 is 1.33 bits per heavy atom. The summed E-state index contributed by atoms with van der Waals surface area (Å²) in [6.45, 7) is 0. The van der Waals surface area contributed by atoms with Crippen molar-refractivity contribution in [2.75, 3.05) is 0 Å². The number of halogens is 3. The van der Waals surface area contributed by atoms with Crippen LogP contribution < -0.4 is 0 Å². The SMILES string of the molecule is O=C(Cc1nc(-c2ccc(Br)cc2)no1)C(F)F. The van der Waals surface area contributed by atoms with Crippen LogP contribution in [0.3, 0.4) is 0 Å². The van der Waals surface area contributed by atoms with Gasteiger partial charge in [-0.15, -0.1) is 0 Å². The lowest BCUT2D eigenvalue weighted by molar-refractivity contribution is -0.129. The lowest BCUT2D eigenvalue weighted by atomic mass is 10.2. The number of carbonyl (C=O) groups is 1. The second-order valence-electron chi connectivity index (χ2n) is 3.46. The van der Waals surface area contributed by atoms with Crippen molar-refractivity contribution in [1.29, 1.82) is 0 Å². The van der Waals surface area contributed by atoms with Gasteiger partial charge in [-0.1, -0.05) is 21.1 Å². The molecule has 0 aliphatic heterocycles. The molecule has 1 aromatic carbocycles. The molecule has 94 valence electrons. The molecule has 0 aliphatic rings. The lowest BCUT2D eigenvalue weighted by Gasteiger charge is -1.94. The summed E-state index contributed by atoms with van der Waals surface area (Å²) >= 11 is 3.28. The minimum absolute atomic E-state index is 0.113. The van der Waals surface area contributed by atoms with E-state index in [1.165, 1.54) is 0 Å². The van der Waals surface area contributed by atoms with Crippen molar-refractivity contribution < 1.29 is 18.1 Å². The van der Waals surface area contributed by atoms with Crippen LogP contribution in [0.2, 0.25) is 0 Å². The molecule has 4 nitrogen and oxygen atoms in total. The van der Waals surface area contributed by atoms with E-state index in [0.717, 1.165) is 4.47 Å². The van der Waals surface area contributed by atoms with Crippen molar-refractivity contribution in [2.45, 2.75) is 12.8 Å². The first-order valence-electron chi connectivity index (χ1n) is 4.95. The Morgan fingerprint density at radius 2 is 2.00 bits per heavy atom. The zero-order valence-electron chi connectivity index (χ0n) is 8.94. The zero-order chi connectivity index (χ0) is 13.1. The molecule has 7 heteroatoms. The maximum Gasteiger partial charge on any atom is 0.296 e.